The molecule has 0 radical (unpaired) electrons. The van der Waals surface area contributed by atoms with Crippen LogP contribution in [0.1, 0.15) is 20.3 Å². The topological polar surface area (TPSA) is 59.4 Å². The molecular formula is C15H18N4O. The maximum Gasteiger partial charge on any atom is 0.185 e. The van der Waals surface area contributed by atoms with Crippen molar-refractivity contribution in [3.05, 3.63) is 35.7 Å². The first kappa shape index (κ1) is 12.9. The summed E-state index contributed by atoms with van der Waals surface area (Å²) in [6, 6.07) is 0.411. The molecule has 5 heteroatoms. The van der Waals surface area contributed by atoms with Crippen LogP contribution < -0.4 is 5.32 Å². The average molecular weight is 270 g/mol. The van der Waals surface area contributed by atoms with Gasteiger partial charge in [0.1, 0.15) is 6.17 Å². The number of carbonyl (C=O) groups excluding carboxylic acids is 1. The van der Waals surface area contributed by atoms with Gasteiger partial charge in [0.2, 0.25) is 0 Å². The van der Waals surface area contributed by atoms with Crippen molar-refractivity contribution < 1.29 is 4.79 Å². The van der Waals surface area contributed by atoms with Crippen LogP contribution in [-0.4, -0.2) is 40.4 Å². The molecule has 3 aliphatic heterocycles. The summed E-state index contributed by atoms with van der Waals surface area (Å²) in [6.45, 7) is 4.70. The van der Waals surface area contributed by atoms with Crippen LogP contribution in [0.5, 0.6) is 0 Å². The molecule has 0 aromatic heterocycles. The highest BCUT2D eigenvalue weighted by atomic mass is 16.1. The number of nitrogens with zero attached hydrogens (tertiary/aromatic N) is 3. The highest BCUT2D eigenvalue weighted by Gasteiger charge is 2.42. The maximum absolute atomic E-state index is 12.0. The summed E-state index contributed by atoms with van der Waals surface area (Å²) in [6.07, 6.45) is 10.2. The molecule has 2 atom stereocenters. The third-order valence-corrected chi connectivity index (χ3v) is 4.08. The Labute approximate surface area is 118 Å². The number of nitrogens with one attached hydrogen (secondary N) is 1. The Balaban J connectivity index is 2.08. The Kier molecular flexibility index (Phi) is 3.11. The fraction of sp³-hybridized carbons (Fsp3) is 0.467. The summed E-state index contributed by atoms with van der Waals surface area (Å²) < 4.78 is 0. The Morgan fingerprint density at radius 3 is 3.00 bits per heavy atom. The average Bonchev–Trinajstić information content (AvgIpc) is 2.45. The van der Waals surface area contributed by atoms with E-state index >= 15 is 0 Å². The molecule has 2 unspecified atom stereocenters. The SMILES string of the molecule is CC(C)N1CC(=O)CC2=CN(C#N)C3NC=CC=C3C21. The van der Waals surface area contributed by atoms with Crippen molar-refractivity contribution in [2.24, 2.45) is 0 Å². The quantitative estimate of drug-likeness (QED) is 0.723. The number of dihydropyridines is 1. The molecule has 1 saturated heterocycles. The van der Waals surface area contributed by atoms with E-state index < -0.39 is 0 Å². The molecule has 0 saturated carbocycles. The summed E-state index contributed by atoms with van der Waals surface area (Å²) in [5.74, 6) is 0.220. The van der Waals surface area contributed by atoms with Crippen molar-refractivity contribution in [3.63, 3.8) is 0 Å². The van der Waals surface area contributed by atoms with E-state index in [-0.39, 0.29) is 24.0 Å². The van der Waals surface area contributed by atoms with Gasteiger partial charge in [0.05, 0.1) is 12.6 Å². The summed E-state index contributed by atoms with van der Waals surface area (Å²) in [7, 11) is 0. The summed E-state index contributed by atoms with van der Waals surface area (Å²) >= 11 is 0. The molecular weight excluding hydrogens is 252 g/mol. The number of hydrogen-bond donors (Lipinski definition) is 1. The summed E-state index contributed by atoms with van der Waals surface area (Å²) in [5, 5.41) is 12.5. The lowest BCUT2D eigenvalue weighted by Gasteiger charge is -2.47. The van der Waals surface area contributed by atoms with Crippen LogP contribution in [0.25, 0.3) is 0 Å². The molecule has 3 rings (SSSR count). The van der Waals surface area contributed by atoms with Crippen molar-refractivity contribution in [2.45, 2.75) is 38.5 Å². The molecule has 0 bridgehead atoms. The van der Waals surface area contributed by atoms with Crippen molar-refractivity contribution in [1.82, 2.24) is 15.1 Å². The highest BCUT2D eigenvalue weighted by molar-refractivity contribution is 5.85. The zero-order valence-electron chi connectivity index (χ0n) is 11.7. The minimum atomic E-state index is -0.131. The van der Waals surface area contributed by atoms with Crippen LogP contribution in [-0.2, 0) is 4.79 Å². The van der Waals surface area contributed by atoms with E-state index in [4.69, 9.17) is 0 Å². The molecule has 3 heterocycles. The molecule has 20 heavy (non-hydrogen) atoms. The van der Waals surface area contributed by atoms with Gasteiger partial charge >= 0.3 is 0 Å². The molecule has 1 fully saturated rings. The van der Waals surface area contributed by atoms with Gasteiger partial charge in [-0.15, -0.1) is 0 Å². The van der Waals surface area contributed by atoms with E-state index in [1.165, 1.54) is 0 Å². The summed E-state index contributed by atoms with van der Waals surface area (Å²) in [5.41, 5.74) is 2.17. The van der Waals surface area contributed by atoms with E-state index in [1.807, 2.05) is 18.5 Å². The Hall–Kier alpha value is -2.06. The predicted molar refractivity (Wildman–Crippen MR) is 74.9 cm³/mol. The number of fused-ring (bicyclic) bond motifs is 3. The van der Waals surface area contributed by atoms with Crippen LogP contribution in [0.2, 0.25) is 0 Å². The van der Waals surface area contributed by atoms with Gasteiger partial charge in [-0.05, 0) is 37.3 Å². The number of rotatable bonds is 1. The smallest absolute Gasteiger partial charge is 0.185 e. The van der Waals surface area contributed by atoms with Crippen LogP contribution in [0.3, 0.4) is 0 Å². The van der Waals surface area contributed by atoms with Crippen LogP contribution in [0.15, 0.2) is 35.7 Å². The summed E-state index contributed by atoms with van der Waals surface area (Å²) in [4.78, 5) is 15.8. The van der Waals surface area contributed by atoms with E-state index in [9.17, 15) is 10.1 Å². The first-order valence-corrected chi connectivity index (χ1v) is 6.90. The van der Waals surface area contributed by atoms with Crippen molar-refractivity contribution in [3.8, 4) is 6.19 Å². The molecule has 0 aromatic carbocycles. The van der Waals surface area contributed by atoms with Gasteiger partial charge in [0.15, 0.2) is 12.0 Å². The third-order valence-electron chi connectivity index (χ3n) is 4.08. The van der Waals surface area contributed by atoms with Crippen molar-refractivity contribution >= 4 is 5.78 Å². The number of carbonyl (C=O) groups is 1. The first-order valence-electron chi connectivity index (χ1n) is 6.90. The van der Waals surface area contributed by atoms with E-state index in [0.29, 0.717) is 13.0 Å². The van der Waals surface area contributed by atoms with E-state index in [1.54, 1.807) is 4.90 Å². The standard InChI is InChI=1S/C15H18N4O/c1-10(2)19-8-12(20)6-11-7-18(9-16)15-13(14(11)19)4-3-5-17-15/h3-5,7,10,14-15,17H,6,8H2,1-2H3. The van der Waals surface area contributed by atoms with Crippen LogP contribution in [0.4, 0.5) is 0 Å². The number of allylic oxidation sites excluding steroid dienone is 2. The lowest BCUT2D eigenvalue weighted by Crippen LogP contribution is -2.57. The lowest BCUT2D eigenvalue weighted by atomic mass is 9.84. The minimum Gasteiger partial charge on any atom is -0.367 e. The van der Waals surface area contributed by atoms with Gasteiger partial charge in [-0.1, -0.05) is 6.08 Å². The van der Waals surface area contributed by atoms with Crippen LogP contribution >= 0.6 is 0 Å². The molecule has 0 spiro atoms. The molecule has 1 N–H and O–H groups in total. The zero-order valence-corrected chi connectivity index (χ0v) is 11.7. The number of likely N-dealkylation sites (tertiary alicyclic amines) is 1. The van der Waals surface area contributed by atoms with Gasteiger partial charge in [-0.25, -0.2) is 0 Å². The van der Waals surface area contributed by atoms with Gasteiger partial charge in [0, 0.05) is 18.7 Å². The molecule has 0 amide bonds. The molecule has 0 aromatic rings. The second-order valence-electron chi connectivity index (χ2n) is 5.69. The lowest BCUT2D eigenvalue weighted by molar-refractivity contribution is -0.122. The number of hydrogen-bond acceptors (Lipinski definition) is 5. The first-order chi connectivity index (χ1) is 9.61. The molecule has 104 valence electrons. The van der Waals surface area contributed by atoms with Crippen LogP contribution in [0, 0.1) is 11.5 Å². The van der Waals surface area contributed by atoms with E-state index in [2.05, 4.69) is 36.3 Å². The Morgan fingerprint density at radius 1 is 1.50 bits per heavy atom. The zero-order chi connectivity index (χ0) is 14.3. The minimum absolute atomic E-state index is 0.125. The van der Waals surface area contributed by atoms with Crippen molar-refractivity contribution in [2.75, 3.05) is 6.54 Å². The molecule has 5 nitrogen and oxygen atoms in total. The normalized spacial score (nSPS) is 29.1. The fourth-order valence-corrected chi connectivity index (χ4v) is 3.21. The number of nitriles is 1. The van der Waals surface area contributed by atoms with Gasteiger partial charge in [0.25, 0.3) is 0 Å². The Morgan fingerprint density at radius 2 is 2.30 bits per heavy atom. The number of piperidine rings is 1. The second-order valence-corrected chi connectivity index (χ2v) is 5.69. The third kappa shape index (κ3) is 1.93. The van der Waals surface area contributed by atoms with E-state index in [0.717, 1.165) is 11.1 Å². The fourth-order valence-electron chi connectivity index (χ4n) is 3.21. The van der Waals surface area contributed by atoms with Gasteiger partial charge < -0.3 is 5.32 Å². The Bertz CT molecular complexity index is 567. The largest absolute Gasteiger partial charge is 0.367 e. The van der Waals surface area contributed by atoms with Crippen molar-refractivity contribution in [1.29, 1.82) is 5.26 Å². The van der Waals surface area contributed by atoms with Gasteiger partial charge in [-0.2, -0.15) is 5.26 Å². The number of Topliss-reactive ketones (excluding diaryl/α,β-unsaturated/α-hetero) is 1. The molecule has 0 aliphatic carbocycles. The molecule has 3 aliphatic rings. The number of ketones is 1. The maximum atomic E-state index is 12.0. The van der Waals surface area contributed by atoms with Gasteiger partial charge in [-0.3, -0.25) is 14.6 Å². The predicted octanol–water partition coefficient (Wildman–Crippen LogP) is 1.09. The monoisotopic (exact) mass is 270 g/mol. The second kappa shape index (κ2) is 4.80. The highest BCUT2D eigenvalue weighted by Crippen LogP contribution is 2.35.